The van der Waals surface area contributed by atoms with Crippen molar-refractivity contribution in [2.45, 2.75) is 63.8 Å². The highest BCUT2D eigenvalue weighted by Crippen LogP contribution is 2.37. The van der Waals surface area contributed by atoms with Gasteiger partial charge >= 0.3 is 6.03 Å². The van der Waals surface area contributed by atoms with Crippen LogP contribution in [0.5, 0.6) is 0 Å². The van der Waals surface area contributed by atoms with Crippen molar-refractivity contribution in [3.05, 3.63) is 24.3 Å². The van der Waals surface area contributed by atoms with Gasteiger partial charge in [0.25, 0.3) is 5.91 Å². The first-order chi connectivity index (χ1) is 14.5. The van der Waals surface area contributed by atoms with Crippen LogP contribution in [0.4, 0.5) is 16.2 Å². The van der Waals surface area contributed by atoms with Gasteiger partial charge < -0.3 is 15.5 Å². The predicted octanol–water partition coefficient (Wildman–Crippen LogP) is 3.51. The first-order valence-electron chi connectivity index (χ1n) is 11.3. The number of hydrogen-bond donors (Lipinski definition) is 2. The Hall–Kier alpha value is -2.57. The van der Waals surface area contributed by atoms with E-state index in [4.69, 9.17) is 0 Å². The van der Waals surface area contributed by atoms with Crippen molar-refractivity contribution in [2.75, 3.05) is 29.9 Å². The van der Waals surface area contributed by atoms with Crippen LogP contribution in [0.1, 0.15) is 58.3 Å². The van der Waals surface area contributed by atoms with Crippen molar-refractivity contribution in [1.29, 1.82) is 0 Å². The summed E-state index contributed by atoms with van der Waals surface area (Å²) < 4.78 is 0. The number of nitrogens with zero attached hydrogens (tertiary/aromatic N) is 2. The lowest BCUT2D eigenvalue weighted by Gasteiger charge is -2.34. The minimum Gasteiger partial charge on any atom is -0.370 e. The van der Waals surface area contributed by atoms with E-state index in [0.717, 1.165) is 61.5 Å². The summed E-state index contributed by atoms with van der Waals surface area (Å²) in [6.45, 7) is 3.86. The fraction of sp³-hybridized carbons (Fsp3) is 0.609. The van der Waals surface area contributed by atoms with Gasteiger partial charge in [-0.05, 0) is 63.0 Å². The zero-order valence-corrected chi connectivity index (χ0v) is 17.8. The maximum absolute atomic E-state index is 13.0. The van der Waals surface area contributed by atoms with Gasteiger partial charge in [0.15, 0.2) is 0 Å². The Morgan fingerprint density at radius 2 is 1.83 bits per heavy atom. The third-order valence-electron chi connectivity index (χ3n) is 6.96. The van der Waals surface area contributed by atoms with Crippen molar-refractivity contribution in [3.8, 4) is 0 Å². The number of rotatable bonds is 5. The molecule has 162 valence electrons. The number of para-hydroxylation sites is 2. The molecule has 0 bridgehead atoms. The molecule has 2 heterocycles. The van der Waals surface area contributed by atoms with E-state index in [1.165, 1.54) is 6.42 Å². The number of benzene rings is 1. The van der Waals surface area contributed by atoms with Crippen LogP contribution < -0.4 is 15.5 Å². The zero-order chi connectivity index (χ0) is 21.1. The maximum atomic E-state index is 13.0. The monoisotopic (exact) mass is 412 g/mol. The van der Waals surface area contributed by atoms with Gasteiger partial charge in [0.1, 0.15) is 12.1 Å². The average molecular weight is 413 g/mol. The number of nitrogens with one attached hydrogen (secondary N) is 2. The maximum Gasteiger partial charge on any atom is 0.325 e. The summed E-state index contributed by atoms with van der Waals surface area (Å²) in [6, 6.07) is 7.29. The minimum absolute atomic E-state index is 0.249. The molecule has 7 nitrogen and oxygen atoms in total. The van der Waals surface area contributed by atoms with Gasteiger partial charge in [0, 0.05) is 13.1 Å². The average Bonchev–Trinajstić information content (AvgIpc) is 2.99. The smallest absolute Gasteiger partial charge is 0.325 e. The Bertz CT molecular complexity index is 810. The molecule has 2 N–H and O–H groups in total. The van der Waals surface area contributed by atoms with Crippen LogP contribution in [0.3, 0.4) is 0 Å². The molecule has 3 fully saturated rings. The van der Waals surface area contributed by atoms with Crippen molar-refractivity contribution < 1.29 is 14.4 Å². The molecule has 1 aromatic rings. The minimum atomic E-state index is -0.811. The van der Waals surface area contributed by atoms with Gasteiger partial charge in [0.2, 0.25) is 5.91 Å². The summed E-state index contributed by atoms with van der Waals surface area (Å²) in [4.78, 5) is 41.7. The summed E-state index contributed by atoms with van der Waals surface area (Å²) in [7, 11) is 0. The van der Waals surface area contributed by atoms with Crippen LogP contribution in [0.15, 0.2) is 24.3 Å². The van der Waals surface area contributed by atoms with Crippen LogP contribution in [0, 0.1) is 5.92 Å². The van der Waals surface area contributed by atoms with Crippen LogP contribution in [-0.4, -0.2) is 47.9 Å². The number of imide groups is 1. The lowest BCUT2D eigenvalue weighted by Crippen LogP contribution is -2.49. The molecular weight excluding hydrogens is 380 g/mol. The molecule has 0 unspecified atom stereocenters. The largest absolute Gasteiger partial charge is 0.370 e. The SMILES string of the molecule is CCC1CCC2(CC1)NC(=O)N(CC(=O)Nc1ccccc1N1CCCCC1)C2=O. The molecule has 0 atom stereocenters. The molecule has 0 radical (unpaired) electrons. The van der Waals surface area contributed by atoms with Crippen LogP contribution in [0.2, 0.25) is 0 Å². The summed E-state index contributed by atoms with van der Waals surface area (Å²) >= 11 is 0. The summed E-state index contributed by atoms with van der Waals surface area (Å²) in [6.07, 6.45) is 7.81. The molecule has 4 amide bonds. The Labute approximate surface area is 178 Å². The molecular formula is C23H32N4O3. The van der Waals surface area contributed by atoms with Crippen molar-refractivity contribution in [1.82, 2.24) is 10.2 Å². The van der Waals surface area contributed by atoms with E-state index < -0.39 is 11.6 Å². The molecule has 1 saturated carbocycles. The second-order valence-corrected chi connectivity index (χ2v) is 8.87. The molecule has 2 aliphatic heterocycles. The van der Waals surface area contributed by atoms with E-state index >= 15 is 0 Å². The van der Waals surface area contributed by atoms with Crippen molar-refractivity contribution in [2.24, 2.45) is 5.92 Å². The molecule has 1 aliphatic carbocycles. The Morgan fingerprint density at radius 1 is 1.13 bits per heavy atom. The number of carbonyl (C=O) groups excluding carboxylic acids is 3. The van der Waals surface area contributed by atoms with Gasteiger partial charge in [-0.3, -0.25) is 14.5 Å². The fourth-order valence-corrected chi connectivity index (χ4v) is 5.06. The molecule has 2 saturated heterocycles. The molecule has 30 heavy (non-hydrogen) atoms. The van der Waals surface area contributed by atoms with Crippen LogP contribution in [-0.2, 0) is 9.59 Å². The van der Waals surface area contributed by atoms with Gasteiger partial charge in [-0.15, -0.1) is 0 Å². The zero-order valence-electron chi connectivity index (χ0n) is 17.8. The van der Waals surface area contributed by atoms with Crippen molar-refractivity contribution in [3.63, 3.8) is 0 Å². The third kappa shape index (κ3) is 4.02. The Kier molecular flexibility index (Phi) is 5.97. The van der Waals surface area contributed by atoms with Crippen LogP contribution in [0.25, 0.3) is 0 Å². The van der Waals surface area contributed by atoms with Gasteiger partial charge in [0.05, 0.1) is 11.4 Å². The van der Waals surface area contributed by atoms with Gasteiger partial charge in [-0.25, -0.2) is 4.79 Å². The number of carbonyl (C=O) groups is 3. The van der Waals surface area contributed by atoms with E-state index in [1.54, 1.807) is 0 Å². The summed E-state index contributed by atoms with van der Waals surface area (Å²) in [5.74, 6) is 0.0211. The van der Waals surface area contributed by atoms with Crippen LogP contribution >= 0.6 is 0 Å². The lowest BCUT2D eigenvalue weighted by atomic mass is 9.75. The first-order valence-corrected chi connectivity index (χ1v) is 11.3. The van der Waals surface area contributed by atoms with Gasteiger partial charge in [-0.2, -0.15) is 0 Å². The highest BCUT2D eigenvalue weighted by molar-refractivity contribution is 6.10. The molecule has 7 heteroatoms. The highest BCUT2D eigenvalue weighted by atomic mass is 16.2. The lowest BCUT2D eigenvalue weighted by molar-refractivity contribution is -0.135. The molecule has 1 aromatic carbocycles. The topological polar surface area (TPSA) is 81.8 Å². The summed E-state index contributed by atoms with van der Waals surface area (Å²) in [5, 5.41) is 5.82. The molecule has 0 aromatic heterocycles. The van der Waals surface area contributed by atoms with E-state index in [0.29, 0.717) is 18.8 Å². The molecule has 4 rings (SSSR count). The third-order valence-corrected chi connectivity index (χ3v) is 6.96. The fourth-order valence-electron chi connectivity index (χ4n) is 5.06. The highest BCUT2D eigenvalue weighted by Gasteiger charge is 2.52. The second kappa shape index (κ2) is 8.66. The van der Waals surface area contributed by atoms with E-state index in [2.05, 4.69) is 22.5 Å². The molecule has 3 aliphatic rings. The number of piperidine rings is 1. The summed E-state index contributed by atoms with van der Waals surface area (Å²) in [5.41, 5.74) is 0.918. The van der Waals surface area contributed by atoms with E-state index in [1.807, 2.05) is 24.3 Å². The van der Waals surface area contributed by atoms with Crippen molar-refractivity contribution >= 4 is 29.2 Å². The number of anilines is 2. The standard InChI is InChI=1S/C23H32N4O3/c1-2-17-10-12-23(13-11-17)21(29)27(22(30)25-23)16-20(28)24-18-8-4-5-9-19(18)26-14-6-3-7-15-26/h4-5,8-9,17H,2-3,6-7,10-16H2,1H3,(H,24,28)(H,25,30). The Morgan fingerprint density at radius 3 is 2.53 bits per heavy atom. The second-order valence-electron chi connectivity index (χ2n) is 8.87. The Balaban J connectivity index is 1.41. The normalized spacial score (nSPS) is 26.8. The van der Waals surface area contributed by atoms with E-state index in [9.17, 15) is 14.4 Å². The van der Waals surface area contributed by atoms with E-state index in [-0.39, 0.29) is 18.4 Å². The predicted molar refractivity (Wildman–Crippen MR) is 116 cm³/mol. The number of urea groups is 1. The number of amides is 4. The van der Waals surface area contributed by atoms with Gasteiger partial charge in [-0.1, -0.05) is 25.5 Å². The quantitative estimate of drug-likeness (QED) is 0.725. The molecule has 1 spiro atoms. The first kappa shape index (κ1) is 20.7. The number of hydrogen-bond acceptors (Lipinski definition) is 4.